The second-order valence-electron chi connectivity index (χ2n) is 9.77. The Kier molecular flexibility index (Phi) is 11.2. The Labute approximate surface area is 206 Å². The van der Waals surface area contributed by atoms with E-state index in [0.29, 0.717) is 5.56 Å². The van der Waals surface area contributed by atoms with Crippen LogP contribution in [0.2, 0.25) is 0 Å². The maximum atomic E-state index is 12.3. The van der Waals surface area contributed by atoms with Crippen LogP contribution in [0.4, 0.5) is 4.79 Å². The molecule has 0 saturated carbocycles. The number of carbonyl (C=O) groups excluding carboxylic acids is 4. The second kappa shape index (κ2) is 13.1. The minimum Gasteiger partial charge on any atom is -0.461 e. The topological polar surface area (TPSA) is 140 Å². The molecule has 0 aliphatic carbocycles. The monoisotopic (exact) mass is 495 g/mol. The van der Waals surface area contributed by atoms with Crippen LogP contribution >= 0.6 is 0 Å². The average molecular weight is 496 g/mol. The molecule has 0 aliphatic rings. The summed E-state index contributed by atoms with van der Waals surface area (Å²) in [6, 6.07) is 3.54. The quantitative estimate of drug-likeness (QED) is 0.378. The first-order chi connectivity index (χ1) is 16.1. The van der Waals surface area contributed by atoms with E-state index >= 15 is 0 Å². The van der Waals surface area contributed by atoms with Gasteiger partial charge in [0.25, 0.3) is 0 Å². The predicted molar refractivity (Wildman–Crippen MR) is 127 cm³/mol. The zero-order valence-electron chi connectivity index (χ0n) is 21.7. The van der Waals surface area contributed by atoms with Crippen molar-refractivity contribution >= 4 is 24.1 Å². The van der Waals surface area contributed by atoms with Gasteiger partial charge in [0.2, 0.25) is 0 Å². The van der Waals surface area contributed by atoms with Crippen LogP contribution in [-0.2, 0) is 35.0 Å². The molecular formula is C25H37NO9. The third kappa shape index (κ3) is 11.2. The first-order valence-corrected chi connectivity index (χ1v) is 11.5. The van der Waals surface area contributed by atoms with E-state index < -0.39 is 47.7 Å². The van der Waals surface area contributed by atoms with Gasteiger partial charge in [-0.05, 0) is 51.8 Å². The average Bonchev–Trinajstić information content (AvgIpc) is 2.71. The van der Waals surface area contributed by atoms with Crippen molar-refractivity contribution in [3.63, 3.8) is 0 Å². The third-order valence-electron chi connectivity index (χ3n) is 4.28. The van der Waals surface area contributed by atoms with Gasteiger partial charge < -0.3 is 29.4 Å². The predicted octanol–water partition coefficient (Wildman–Crippen LogP) is 3.56. The van der Waals surface area contributed by atoms with Crippen LogP contribution in [0.3, 0.4) is 0 Å². The maximum absolute atomic E-state index is 12.3. The molecule has 1 aromatic rings. The lowest BCUT2D eigenvalue weighted by molar-refractivity contribution is -0.148. The van der Waals surface area contributed by atoms with Gasteiger partial charge in [-0.3, -0.25) is 14.4 Å². The Morgan fingerprint density at radius 3 is 1.91 bits per heavy atom. The molecule has 0 fully saturated rings. The molecule has 0 radical (unpaired) electrons. The molecule has 10 heteroatoms. The highest BCUT2D eigenvalue weighted by atomic mass is 16.7. The number of carbonyl (C=O) groups is 4. The van der Waals surface area contributed by atoms with E-state index in [9.17, 15) is 19.2 Å². The van der Waals surface area contributed by atoms with Crippen molar-refractivity contribution in [2.24, 2.45) is 17.6 Å². The molecule has 10 nitrogen and oxygen atoms in total. The van der Waals surface area contributed by atoms with Crippen molar-refractivity contribution < 1.29 is 42.9 Å². The van der Waals surface area contributed by atoms with Gasteiger partial charge >= 0.3 is 24.1 Å². The number of hydrogen-bond acceptors (Lipinski definition) is 10. The molecule has 0 heterocycles. The minimum atomic E-state index is -1.04. The second-order valence-corrected chi connectivity index (χ2v) is 9.77. The van der Waals surface area contributed by atoms with E-state index in [1.165, 1.54) is 12.1 Å². The highest BCUT2D eigenvalue weighted by Crippen LogP contribution is 2.30. The van der Waals surface area contributed by atoms with Gasteiger partial charge in [0.1, 0.15) is 24.4 Å². The number of esters is 3. The van der Waals surface area contributed by atoms with E-state index in [1.54, 1.807) is 61.5 Å². The van der Waals surface area contributed by atoms with Crippen LogP contribution in [0.15, 0.2) is 18.2 Å². The Morgan fingerprint density at radius 2 is 1.40 bits per heavy atom. The first-order valence-electron chi connectivity index (χ1n) is 11.5. The molecule has 0 amide bonds. The lowest BCUT2D eigenvalue weighted by atomic mass is 10.1. The van der Waals surface area contributed by atoms with E-state index in [0.717, 1.165) is 0 Å². The first kappa shape index (κ1) is 29.9. The number of ether oxygens (including phenoxy) is 5. The molecular weight excluding hydrogens is 458 g/mol. The van der Waals surface area contributed by atoms with Crippen molar-refractivity contribution in [3.05, 3.63) is 23.8 Å². The number of benzene rings is 1. The highest BCUT2D eigenvalue weighted by molar-refractivity contribution is 5.78. The van der Waals surface area contributed by atoms with Crippen molar-refractivity contribution in [2.45, 2.75) is 79.6 Å². The zero-order valence-corrected chi connectivity index (χ0v) is 21.7. The summed E-state index contributed by atoms with van der Waals surface area (Å²) in [4.78, 5) is 48.2. The Bertz CT molecular complexity index is 903. The summed E-state index contributed by atoms with van der Waals surface area (Å²) in [5.74, 6) is -2.35. The summed E-state index contributed by atoms with van der Waals surface area (Å²) in [5.41, 5.74) is 5.83. The summed E-state index contributed by atoms with van der Waals surface area (Å²) in [7, 11) is 0. The molecule has 0 aromatic heterocycles. The van der Waals surface area contributed by atoms with Crippen LogP contribution in [-0.4, -0.2) is 48.4 Å². The van der Waals surface area contributed by atoms with E-state index in [-0.39, 0.29) is 30.4 Å². The molecule has 2 atom stereocenters. The van der Waals surface area contributed by atoms with E-state index in [1.807, 2.05) is 0 Å². The van der Waals surface area contributed by atoms with Gasteiger partial charge in [-0.1, -0.05) is 33.8 Å². The molecule has 1 aromatic carbocycles. The van der Waals surface area contributed by atoms with Gasteiger partial charge in [0.15, 0.2) is 11.5 Å². The van der Waals surface area contributed by atoms with Crippen molar-refractivity contribution in [3.8, 4) is 11.5 Å². The van der Waals surface area contributed by atoms with Crippen molar-refractivity contribution in [2.75, 3.05) is 6.61 Å². The molecule has 0 saturated heterocycles. The standard InChI is InChI=1S/C25H37NO9/c1-14(2)21(27)33-19-10-9-17(12-20(19)34-22(28)15(3)4)11-18(26)23(29)31-13-16(5)32-24(30)35-25(6,7)8/h9-10,12,14-16,18H,11,13,26H2,1-8H3/t16-,18-/m0/s1. The van der Waals surface area contributed by atoms with Crippen LogP contribution in [0.25, 0.3) is 0 Å². The molecule has 196 valence electrons. The number of hydrogen-bond donors (Lipinski definition) is 1. The lowest BCUT2D eigenvalue weighted by Crippen LogP contribution is -2.36. The SMILES string of the molecule is CC(C)C(=O)Oc1ccc(C[C@H](N)C(=O)OC[C@H](C)OC(=O)OC(C)(C)C)cc1OC(=O)C(C)C. The van der Waals surface area contributed by atoms with Gasteiger partial charge in [-0.15, -0.1) is 0 Å². The fourth-order valence-corrected chi connectivity index (χ4v) is 2.41. The van der Waals surface area contributed by atoms with Crippen molar-refractivity contribution in [1.82, 2.24) is 0 Å². The zero-order chi connectivity index (χ0) is 26.9. The fourth-order valence-electron chi connectivity index (χ4n) is 2.41. The minimum absolute atomic E-state index is 0.0511. The summed E-state index contributed by atoms with van der Waals surface area (Å²) in [6.45, 7) is 13.2. The van der Waals surface area contributed by atoms with Gasteiger partial charge in [-0.2, -0.15) is 0 Å². The smallest absolute Gasteiger partial charge is 0.461 e. The van der Waals surface area contributed by atoms with Crippen LogP contribution in [0.5, 0.6) is 11.5 Å². The maximum Gasteiger partial charge on any atom is 0.509 e. The van der Waals surface area contributed by atoms with Gasteiger partial charge in [-0.25, -0.2) is 4.79 Å². The normalized spacial score (nSPS) is 13.1. The molecule has 2 N–H and O–H groups in total. The molecule has 0 aliphatic heterocycles. The molecule has 0 unspecified atom stereocenters. The molecule has 0 spiro atoms. The van der Waals surface area contributed by atoms with Crippen molar-refractivity contribution in [1.29, 1.82) is 0 Å². The third-order valence-corrected chi connectivity index (χ3v) is 4.28. The molecule has 35 heavy (non-hydrogen) atoms. The van der Waals surface area contributed by atoms with E-state index in [2.05, 4.69) is 0 Å². The Balaban J connectivity index is 2.81. The van der Waals surface area contributed by atoms with Gasteiger partial charge in [0.05, 0.1) is 11.8 Å². The van der Waals surface area contributed by atoms with Crippen LogP contribution < -0.4 is 15.2 Å². The summed E-state index contributed by atoms with van der Waals surface area (Å²) in [5, 5.41) is 0. The summed E-state index contributed by atoms with van der Waals surface area (Å²) < 4.78 is 26.0. The Morgan fingerprint density at radius 1 is 0.857 bits per heavy atom. The van der Waals surface area contributed by atoms with E-state index in [4.69, 9.17) is 29.4 Å². The highest BCUT2D eigenvalue weighted by Gasteiger charge is 2.23. The van der Waals surface area contributed by atoms with Crippen LogP contribution in [0.1, 0.15) is 61.0 Å². The Hall–Kier alpha value is -3.14. The summed E-state index contributed by atoms with van der Waals surface area (Å²) in [6.07, 6.45) is -1.55. The number of rotatable bonds is 10. The lowest BCUT2D eigenvalue weighted by Gasteiger charge is -2.21. The molecule has 1 rings (SSSR count). The summed E-state index contributed by atoms with van der Waals surface area (Å²) >= 11 is 0. The molecule has 0 bridgehead atoms. The van der Waals surface area contributed by atoms with Gasteiger partial charge in [0, 0.05) is 0 Å². The fraction of sp³-hybridized carbons (Fsp3) is 0.600. The largest absolute Gasteiger partial charge is 0.509 e. The number of nitrogens with two attached hydrogens (primary N) is 1. The van der Waals surface area contributed by atoms with Crippen LogP contribution in [0, 0.1) is 11.8 Å².